The monoisotopic (exact) mass is 1060 g/mol. The van der Waals surface area contributed by atoms with Crippen molar-refractivity contribution in [1.82, 2.24) is 39.0 Å². The number of aliphatic hydroxyl groups excluding tert-OH is 4. The van der Waals surface area contributed by atoms with Crippen molar-refractivity contribution in [3.8, 4) is 0 Å². The van der Waals surface area contributed by atoms with Crippen molar-refractivity contribution < 1.29 is 76.3 Å². The Hall–Kier alpha value is -1.11. The Balaban J connectivity index is 1.05. The molecule has 2 aliphatic rings. The van der Waals surface area contributed by atoms with Crippen LogP contribution in [0.2, 0.25) is 0 Å². The van der Waals surface area contributed by atoms with E-state index in [1.54, 1.807) is 14.1 Å². The number of hydrogen-bond acceptors (Lipinski definition) is 24. The Morgan fingerprint density at radius 3 is 1.54 bits per heavy atom. The van der Waals surface area contributed by atoms with Gasteiger partial charge in [0.25, 0.3) is 0 Å². The van der Waals surface area contributed by atoms with Crippen LogP contribution in [0.5, 0.6) is 0 Å². The fourth-order valence-electron chi connectivity index (χ4n) is 6.10. The smallest absolute Gasteiger partial charge is 0.365 e. The maximum absolute atomic E-state index is 13.2. The third kappa shape index (κ3) is 11.4. The second-order valence-corrected chi connectivity index (χ2v) is 26.9. The zero-order valence-electron chi connectivity index (χ0n) is 33.1. The predicted octanol–water partition coefficient (Wildman–Crippen LogP) is 2.00. The molecule has 63 heavy (non-hydrogen) atoms. The molecule has 0 spiro atoms. The maximum atomic E-state index is 13.2. The molecule has 35 heteroatoms. The second kappa shape index (κ2) is 20.6. The van der Waals surface area contributed by atoms with E-state index in [-0.39, 0.29) is 11.3 Å². The van der Waals surface area contributed by atoms with Gasteiger partial charge in [-0.3, -0.25) is 18.3 Å². The zero-order valence-corrected chi connectivity index (χ0v) is 40.7. The summed E-state index contributed by atoms with van der Waals surface area (Å²) in [4.78, 5) is 65.9. The van der Waals surface area contributed by atoms with E-state index in [0.29, 0.717) is 38.7 Å². The molecular weight excluding hydrogens is 1020 g/mol. The largest absolute Gasteiger partial charge is 0.387 e. The molecule has 2 saturated heterocycles. The summed E-state index contributed by atoms with van der Waals surface area (Å²) in [6, 6.07) is 0. The summed E-state index contributed by atoms with van der Waals surface area (Å²) >= 11 is 18.2. The van der Waals surface area contributed by atoms with E-state index in [9.17, 15) is 49.1 Å². The van der Waals surface area contributed by atoms with Crippen molar-refractivity contribution >= 4 is 121 Å². The number of halogens is 1. The van der Waals surface area contributed by atoms with Crippen LogP contribution in [0.15, 0.2) is 23.0 Å². The van der Waals surface area contributed by atoms with E-state index in [1.807, 2.05) is 13.8 Å². The molecule has 6 rings (SSSR count). The van der Waals surface area contributed by atoms with E-state index >= 15 is 0 Å². The summed E-state index contributed by atoms with van der Waals surface area (Å²) in [5.41, 5.74) is 1.16. The minimum absolute atomic E-state index is 0.244. The minimum atomic E-state index is -5.74. The normalized spacial score (nSPS) is 28.4. The van der Waals surface area contributed by atoms with Crippen molar-refractivity contribution in [1.29, 1.82) is 0 Å². The molecule has 6 heterocycles. The van der Waals surface area contributed by atoms with Gasteiger partial charge in [0.2, 0.25) is 4.86 Å². The number of hydrogen-bond donors (Lipinski definition) is 10. The number of aromatic nitrogens is 8. The van der Waals surface area contributed by atoms with E-state index in [4.69, 9.17) is 53.7 Å². The molecule has 0 radical (unpaired) electrons. The van der Waals surface area contributed by atoms with Gasteiger partial charge in [-0.25, -0.2) is 38.5 Å². The summed E-state index contributed by atoms with van der Waals surface area (Å²) in [5, 5.41) is 50.0. The molecular formula is C28H43ClN10O16P4S4. The highest BCUT2D eigenvalue weighted by Gasteiger charge is 2.53. The van der Waals surface area contributed by atoms with Crippen molar-refractivity contribution in [3.05, 3.63) is 12.7 Å². The summed E-state index contributed by atoms with van der Waals surface area (Å²) < 4.78 is 60.1. The first kappa shape index (κ1) is 51.3. The highest BCUT2D eigenvalue weighted by atomic mass is 35.5. The van der Waals surface area contributed by atoms with Crippen LogP contribution in [-0.2, 0) is 59.9 Å². The van der Waals surface area contributed by atoms with Crippen LogP contribution in [0.3, 0.4) is 0 Å². The Morgan fingerprint density at radius 1 is 0.746 bits per heavy atom. The number of alkyl halides is 1. The highest BCUT2D eigenvalue weighted by Crippen LogP contribution is 2.76. The SMILES string of the molecule is CCCSc1nc(NC)c2ncn([C@@H]3O[C@H](COP(O)(=S)OP(=O)(O)C(Cl)P(=O)(O)OP(O)(=S)OC[C@H]4O[C@@H](n5cnc6c(NC)nc(SCC)nc65)[C@H](O)[C@@H]4O)[C@@H](O)[C@H]3O)c2n1. The van der Waals surface area contributed by atoms with E-state index in [0.717, 1.165) is 12.2 Å². The summed E-state index contributed by atoms with van der Waals surface area (Å²) in [5.74, 6) is 2.15. The maximum Gasteiger partial charge on any atom is 0.365 e. The predicted molar refractivity (Wildman–Crippen MR) is 235 cm³/mol. The van der Waals surface area contributed by atoms with Gasteiger partial charge >= 0.3 is 28.6 Å². The van der Waals surface area contributed by atoms with Crippen molar-refractivity contribution in [3.63, 3.8) is 0 Å². The minimum Gasteiger partial charge on any atom is -0.387 e. The molecule has 26 nitrogen and oxygen atoms in total. The lowest BCUT2D eigenvalue weighted by Crippen LogP contribution is -2.33. The Labute approximate surface area is 381 Å². The number of imidazole rings is 2. The van der Waals surface area contributed by atoms with Crippen LogP contribution in [-0.4, -0.2) is 159 Å². The molecule has 13 atom stereocenters. The molecule has 2 fully saturated rings. The molecule has 0 aromatic carbocycles. The lowest BCUT2D eigenvalue weighted by molar-refractivity contribution is -0.0486. The molecule has 4 aromatic heterocycles. The highest BCUT2D eigenvalue weighted by molar-refractivity contribution is 8.09. The first-order valence-electron chi connectivity index (χ1n) is 18.4. The van der Waals surface area contributed by atoms with E-state index < -0.39 is 95.8 Å². The van der Waals surface area contributed by atoms with E-state index in [1.165, 1.54) is 45.3 Å². The number of nitrogens with one attached hydrogen (secondary N) is 2. The van der Waals surface area contributed by atoms with Crippen LogP contribution in [0, 0.1) is 0 Å². The number of aliphatic hydroxyl groups is 4. The van der Waals surface area contributed by atoms with Crippen LogP contribution >= 0.6 is 63.8 Å². The van der Waals surface area contributed by atoms with Gasteiger partial charge in [0.05, 0.1) is 25.9 Å². The molecule has 5 unspecified atom stereocenters. The van der Waals surface area contributed by atoms with Crippen molar-refractivity contribution in [2.24, 2.45) is 0 Å². The van der Waals surface area contributed by atoms with Gasteiger partial charge in [0, 0.05) is 19.8 Å². The van der Waals surface area contributed by atoms with Gasteiger partial charge in [-0.15, -0.1) is 0 Å². The van der Waals surface area contributed by atoms with Gasteiger partial charge in [-0.05, 0) is 35.8 Å². The molecule has 2 aliphatic heterocycles. The molecule has 0 saturated carbocycles. The Morgan fingerprint density at radius 2 is 1.16 bits per heavy atom. The summed E-state index contributed by atoms with van der Waals surface area (Å²) in [7, 11) is -8.21. The average molecular weight is 1060 g/mol. The standard InChI is InChI=1S/C28H43ClN10O16P4S4/c1-5-7-63-28-35-21(31-4)15-23(37-28)39(11-33-15)25-19(43)17(41)13(53-25)9-51-59(49,61)55-57(46,47)26(29)56(44,45)54-58(48,60)50-8-12-16(40)18(42)24(52-12)38-10-32-14-20(30-3)34-27(62-6-2)36-22(14)38/h10-13,16-19,24-26,40-43H,5-9H2,1-4H3,(H,44,45)(H,46,47)(H,48,60)(H,49,61)(H,30,34,36)(H,31,35,37)/t12-,13-,16-,17-,18-,19-,24-,25-,26?,58?,59?/m1/s1. The van der Waals surface area contributed by atoms with Gasteiger partial charge in [-0.1, -0.05) is 49.0 Å². The quantitative estimate of drug-likeness (QED) is 0.0247. The van der Waals surface area contributed by atoms with Crippen LogP contribution < -0.4 is 10.6 Å². The molecule has 10 N–H and O–H groups in total. The molecule has 0 amide bonds. The Bertz CT molecular complexity index is 2480. The second-order valence-electron chi connectivity index (χ2n) is 13.4. The van der Waals surface area contributed by atoms with Gasteiger partial charge in [0.1, 0.15) is 36.6 Å². The number of nitrogens with zero attached hydrogens (tertiary/aromatic N) is 8. The summed E-state index contributed by atoms with van der Waals surface area (Å²) in [6.07, 6.45) is -8.63. The fourth-order valence-corrected chi connectivity index (χ4v) is 16.4. The van der Waals surface area contributed by atoms with Crippen LogP contribution in [0.25, 0.3) is 22.3 Å². The zero-order chi connectivity index (χ0) is 46.2. The topological polar surface area (TPSA) is 363 Å². The lowest BCUT2D eigenvalue weighted by atomic mass is 10.1. The fraction of sp³-hybridized carbons (Fsp3) is 0.643. The van der Waals surface area contributed by atoms with Gasteiger partial charge in [0.15, 0.2) is 56.7 Å². The van der Waals surface area contributed by atoms with Crippen LogP contribution in [0.1, 0.15) is 32.7 Å². The first-order valence-corrected chi connectivity index (χ1v) is 29.2. The third-order valence-corrected chi connectivity index (χ3v) is 21.4. The van der Waals surface area contributed by atoms with Gasteiger partial charge < -0.3 is 69.2 Å². The summed E-state index contributed by atoms with van der Waals surface area (Å²) in [6.45, 7) is -7.61. The van der Waals surface area contributed by atoms with E-state index in [2.05, 4.69) is 49.2 Å². The Kier molecular flexibility index (Phi) is 16.8. The molecule has 0 bridgehead atoms. The number of anilines is 2. The molecule has 4 aromatic rings. The van der Waals surface area contributed by atoms with Crippen molar-refractivity contribution in [2.75, 3.05) is 49.4 Å². The molecule has 352 valence electrons. The number of thioether (sulfide) groups is 2. The van der Waals surface area contributed by atoms with Crippen LogP contribution in [0.4, 0.5) is 11.6 Å². The lowest BCUT2D eigenvalue weighted by Gasteiger charge is -2.27. The van der Waals surface area contributed by atoms with Gasteiger partial charge in [-0.2, -0.15) is 0 Å². The number of ether oxygens (including phenoxy) is 2. The third-order valence-electron chi connectivity index (χ3n) is 8.99. The molecule has 0 aliphatic carbocycles. The number of rotatable bonds is 21. The first-order chi connectivity index (χ1) is 29.6. The number of fused-ring (bicyclic) bond motifs is 2. The van der Waals surface area contributed by atoms with Crippen molar-refractivity contribution in [2.45, 2.75) is 84.5 Å². The average Bonchev–Trinajstić information content (AvgIpc) is 3.98.